The molecule has 0 fully saturated rings. The third-order valence-electron chi connectivity index (χ3n) is 1.58. The monoisotopic (exact) mass is 153 g/mol. The minimum Gasteiger partial charge on any atom is -0.393 e. The van der Waals surface area contributed by atoms with Crippen LogP contribution in [-0.4, -0.2) is 21.8 Å². The van der Waals surface area contributed by atoms with Crippen LogP contribution in [0.25, 0.3) is 0 Å². The lowest BCUT2D eigenvalue weighted by atomic mass is 10.1. The second-order valence-electron chi connectivity index (χ2n) is 2.38. The summed E-state index contributed by atoms with van der Waals surface area (Å²) in [6.07, 6.45) is 0.854. The molecule has 2 N–H and O–H groups in total. The molecule has 0 saturated heterocycles. The Labute approximate surface area is 65.3 Å². The molecule has 1 aromatic rings. The number of aliphatic hydroxyl groups is 2. The summed E-state index contributed by atoms with van der Waals surface area (Å²) >= 11 is 0. The fourth-order valence-corrected chi connectivity index (χ4v) is 0.947. The maximum atomic E-state index is 9.22. The van der Waals surface area contributed by atoms with E-state index in [9.17, 15) is 5.11 Å². The number of nitrogens with zero attached hydrogens (tertiary/aromatic N) is 1. The van der Waals surface area contributed by atoms with Gasteiger partial charge in [-0.05, 0) is 13.0 Å². The fraction of sp³-hybridized carbons (Fsp3) is 0.375. The van der Waals surface area contributed by atoms with Crippen LogP contribution >= 0.6 is 0 Å². The molecule has 1 rings (SSSR count). The predicted octanol–water partition coefficient (Wildman–Crippen LogP) is 0.416. The molecule has 0 radical (unpaired) electrons. The number of rotatable bonds is 2. The second kappa shape index (κ2) is 3.46. The highest BCUT2D eigenvalue weighted by Gasteiger charge is 2.07. The van der Waals surface area contributed by atoms with Crippen molar-refractivity contribution in [3.8, 4) is 0 Å². The molecule has 0 aliphatic heterocycles. The molecule has 0 aromatic carbocycles. The first-order valence-corrected chi connectivity index (χ1v) is 3.46. The first-order valence-electron chi connectivity index (χ1n) is 3.46. The van der Waals surface area contributed by atoms with Crippen LogP contribution in [0.4, 0.5) is 0 Å². The van der Waals surface area contributed by atoms with Crippen molar-refractivity contribution in [1.82, 2.24) is 4.98 Å². The summed E-state index contributed by atoms with van der Waals surface area (Å²) in [5.74, 6) is 0. The van der Waals surface area contributed by atoms with Gasteiger partial charge < -0.3 is 10.2 Å². The summed E-state index contributed by atoms with van der Waals surface area (Å²) in [6.45, 7) is 1.54. The maximum absolute atomic E-state index is 9.22. The highest BCUT2D eigenvalue weighted by molar-refractivity contribution is 5.20. The number of aromatic nitrogens is 1. The van der Waals surface area contributed by atoms with Crippen molar-refractivity contribution >= 4 is 0 Å². The van der Waals surface area contributed by atoms with E-state index in [0.717, 1.165) is 5.69 Å². The van der Waals surface area contributed by atoms with Crippen molar-refractivity contribution in [3.63, 3.8) is 0 Å². The molecular formula is C8H11NO2. The van der Waals surface area contributed by atoms with Gasteiger partial charge in [0.15, 0.2) is 0 Å². The zero-order chi connectivity index (χ0) is 8.27. The molecule has 0 bridgehead atoms. The molecule has 60 valence electrons. The molecule has 1 unspecified atom stereocenters. The normalized spacial score (nSPS) is 13.0. The van der Waals surface area contributed by atoms with Gasteiger partial charge in [-0.2, -0.15) is 0 Å². The molecular weight excluding hydrogens is 142 g/mol. The van der Waals surface area contributed by atoms with Gasteiger partial charge in [-0.1, -0.05) is 6.07 Å². The van der Waals surface area contributed by atoms with E-state index in [1.165, 1.54) is 0 Å². The van der Waals surface area contributed by atoms with E-state index in [0.29, 0.717) is 5.56 Å². The first kappa shape index (κ1) is 8.17. The van der Waals surface area contributed by atoms with Crippen LogP contribution in [0, 0.1) is 6.92 Å². The minimum absolute atomic E-state index is 0.257. The standard InChI is InChI=1S/C8H11NO2/c1-6-7(8(11)5-10)3-2-4-9-6/h2-4,8,10-11H,5H2,1H3. The van der Waals surface area contributed by atoms with Gasteiger partial charge in [0.1, 0.15) is 6.10 Å². The Balaban J connectivity index is 2.93. The summed E-state index contributed by atoms with van der Waals surface area (Å²) in [4.78, 5) is 3.98. The van der Waals surface area contributed by atoms with Gasteiger partial charge in [-0.15, -0.1) is 0 Å². The molecule has 1 aromatic heterocycles. The minimum atomic E-state index is -0.802. The van der Waals surface area contributed by atoms with Crippen LogP contribution in [0.5, 0.6) is 0 Å². The van der Waals surface area contributed by atoms with Gasteiger partial charge in [-0.25, -0.2) is 0 Å². The Morgan fingerprint density at radius 2 is 2.36 bits per heavy atom. The summed E-state index contributed by atoms with van der Waals surface area (Å²) < 4.78 is 0. The van der Waals surface area contributed by atoms with Crippen molar-refractivity contribution in [3.05, 3.63) is 29.6 Å². The zero-order valence-corrected chi connectivity index (χ0v) is 6.36. The van der Waals surface area contributed by atoms with E-state index in [2.05, 4.69) is 4.98 Å². The second-order valence-corrected chi connectivity index (χ2v) is 2.38. The van der Waals surface area contributed by atoms with Crippen molar-refractivity contribution in [2.24, 2.45) is 0 Å². The topological polar surface area (TPSA) is 53.4 Å². The van der Waals surface area contributed by atoms with Gasteiger partial charge in [-0.3, -0.25) is 4.98 Å². The maximum Gasteiger partial charge on any atom is 0.104 e. The van der Waals surface area contributed by atoms with Crippen LogP contribution < -0.4 is 0 Å². The smallest absolute Gasteiger partial charge is 0.104 e. The molecule has 0 aliphatic carbocycles. The van der Waals surface area contributed by atoms with Crippen LogP contribution in [-0.2, 0) is 0 Å². The quantitative estimate of drug-likeness (QED) is 0.647. The average molecular weight is 153 g/mol. The van der Waals surface area contributed by atoms with Gasteiger partial charge in [0.2, 0.25) is 0 Å². The Morgan fingerprint density at radius 3 is 2.91 bits per heavy atom. The Kier molecular flexibility index (Phi) is 2.57. The molecule has 3 nitrogen and oxygen atoms in total. The Morgan fingerprint density at radius 1 is 1.64 bits per heavy atom. The van der Waals surface area contributed by atoms with Gasteiger partial charge >= 0.3 is 0 Å². The lowest BCUT2D eigenvalue weighted by Gasteiger charge is -2.08. The van der Waals surface area contributed by atoms with Crippen molar-refractivity contribution in [1.29, 1.82) is 0 Å². The van der Waals surface area contributed by atoms with E-state index >= 15 is 0 Å². The summed E-state index contributed by atoms with van der Waals surface area (Å²) in [6, 6.07) is 3.49. The van der Waals surface area contributed by atoms with E-state index in [1.54, 1.807) is 25.3 Å². The van der Waals surface area contributed by atoms with E-state index in [1.807, 2.05) is 0 Å². The average Bonchev–Trinajstić information content (AvgIpc) is 2.04. The SMILES string of the molecule is Cc1ncccc1C(O)CO. The van der Waals surface area contributed by atoms with Crippen LogP contribution in [0.2, 0.25) is 0 Å². The first-order chi connectivity index (χ1) is 5.25. The summed E-state index contributed by atoms with van der Waals surface area (Å²) in [5, 5.41) is 17.9. The molecule has 0 amide bonds. The summed E-state index contributed by atoms with van der Waals surface area (Å²) in [5.41, 5.74) is 1.45. The molecule has 0 spiro atoms. The predicted molar refractivity (Wildman–Crippen MR) is 41.0 cm³/mol. The molecule has 0 saturated carbocycles. The van der Waals surface area contributed by atoms with Crippen molar-refractivity contribution in [2.75, 3.05) is 6.61 Å². The van der Waals surface area contributed by atoms with E-state index in [-0.39, 0.29) is 6.61 Å². The highest BCUT2D eigenvalue weighted by Crippen LogP contribution is 2.13. The highest BCUT2D eigenvalue weighted by atomic mass is 16.3. The number of hydrogen-bond donors (Lipinski definition) is 2. The number of pyridine rings is 1. The third kappa shape index (κ3) is 1.76. The molecule has 11 heavy (non-hydrogen) atoms. The van der Waals surface area contributed by atoms with E-state index in [4.69, 9.17) is 5.11 Å². The van der Waals surface area contributed by atoms with Gasteiger partial charge in [0.05, 0.1) is 6.61 Å². The molecule has 1 heterocycles. The largest absolute Gasteiger partial charge is 0.393 e. The number of aryl methyl sites for hydroxylation is 1. The van der Waals surface area contributed by atoms with Crippen LogP contribution in [0.15, 0.2) is 18.3 Å². The number of aliphatic hydroxyl groups excluding tert-OH is 2. The Bertz CT molecular complexity index is 237. The third-order valence-corrected chi connectivity index (χ3v) is 1.58. The number of hydrogen-bond acceptors (Lipinski definition) is 3. The lowest BCUT2D eigenvalue weighted by molar-refractivity contribution is 0.0948. The molecule has 3 heteroatoms. The van der Waals surface area contributed by atoms with Crippen LogP contribution in [0.1, 0.15) is 17.4 Å². The fourth-order valence-electron chi connectivity index (χ4n) is 0.947. The van der Waals surface area contributed by atoms with Crippen molar-refractivity contribution in [2.45, 2.75) is 13.0 Å². The van der Waals surface area contributed by atoms with Crippen LogP contribution in [0.3, 0.4) is 0 Å². The molecule has 0 aliphatic rings. The molecule has 1 atom stereocenters. The van der Waals surface area contributed by atoms with Crippen molar-refractivity contribution < 1.29 is 10.2 Å². The zero-order valence-electron chi connectivity index (χ0n) is 6.36. The van der Waals surface area contributed by atoms with Gasteiger partial charge in [0, 0.05) is 17.5 Å². The Hall–Kier alpha value is -0.930. The van der Waals surface area contributed by atoms with E-state index < -0.39 is 6.10 Å². The summed E-state index contributed by atoms with van der Waals surface area (Å²) in [7, 11) is 0. The lowest BCUT2D eigenvalue weighted by Crippen LogP contribution is -2.05. The van der Waals surface area contributed by atoms with Gasteiger partial charge in [0.25, 0.3) is 0 Å².